The topological polar surface area (TPSA) is 76.1 Å². The zero-order valence-electron chi connectivity index (χ0n) is 18.2. The smallest absolute Gasteiger partial charge is 0.336 e. The number of amides is 4. The summed E-state index contributed by atoms with van der Waals surface area (Å²) in [4.78, 5) is 29.2. The zero-order valence-corrected chi connectivity index (χ0v) is 18.2. The zero-order chi connectivity index (χ0) is 21.4. The number of unbranched alkanes of at least 4 members (excludes halogenated alkanes) is 2. The molecule has 0 aliphatic carbocycles. The van der Waals surface area contributed by atoms with Crippen LogP contribution in [-0.2, 0) is 6.42 Å². The first-order chi connectivity index (χ1) is 13.8. The molecule has 4 amide bonds. The highest BCUT2D eigenvalue weighted by Gasteiger charge is 2.54. The average Bonchev–Trinajstić information content (AvgIpc) is 2.89. The molecule has 1 aromatic rings. The van der Waals surface area contributed by atoms with Gasteiger partial charge in [0.2, 0.25) is 0 Å². The van der Waals surface area contributed by atoms with E-state index >= 15 is 0 Å². The molecule has 29 heavy (non-hydrogen) atoms. The monoisotopic (exact) mass is 404 g/mol. The number of carbonyl (C=O) groups excluding carboxylic acids is 2. The van der Waals surface area contributed by atoms with E-state index in [9.17, 15) is 14.8 Å². The van der Waals surface area contributed by atoms with Crippen molar-refractivity contribution in [2.45, 2.75) is 71.5 Å². The van der Waals surface area contributed by atoms with Crippen LogP contribution in [0.2, 0.25) is 0 Å². The van der Waals surface area contributed by atoms with Crippen molar-refractivity contribution in [3.05, 3.63) is 35.9 Å². The van der Waals surface area contributed by atoms with Gasteiger partial charge in [0.25, 0.3) is 0 Å². The summed E-state index contributed by atoms with van der Waals surface area (Å²) in [6.45, 7) is 9.45. The van der Waals surface area contributed by atoms with E-state index in [1.165, 1.54) is 0 Å². The van der Waals surface area contributed by atoms with Gasteiger partial charge in [-0.1, -0.05) is 57.0 Å². The van der Waals surface area contributed by atoms with Gasteiger partial charge >= 0.3 is 12.1 Å². The molecule has 2 rings (SSSR count). The van der Waals surface area contributed by atoms with Crippen molar-refractivity contribution in [1.82, 2.24) is 20.2 Å². The van der Waals surface area contributed by atoms with Crippen molar-refractivity contribution in [1.29, 1.82) is 0 Å². The van der Waals surface area contributed by atoms with Crippen LogP contribution >= 0.6 is 0 Å². The molecule has 0 aromatic heterocycles. The maximum absolute atomic E-state index is 13.2. The first kappa shape index (κ1) is 23.0. The molecule has 1 aliphatic rings. The van der Waals surface area contributed by atoms with E-state index in [1.54, 1.807) is 9.80 Å². The lowest BCUT2D eigenvalue weighted by Gasteiger charge is -2.38. The third-order valence-corrected chi connectivity index (χ3v) is 5.57. The van der Waals surface area contributed by atoms with Gasteiger partial charge in [-0.05, 0) is 38.7 Å². The minimum Gasteiger partial charge on any atom is -0.336 e. The lowest BCUT2D eigenvalue weighted by atomic mass is 9.99. The quantitative estimate of drug-likeness (QED) is 0.351. The number of hydrogen-bond donors (Lipinski definition) is 2. The highest BCUT2D eigenvalue weighted by atomic mass is 16.5. The van der Waals surface area contributed by atoms with Gasteiger partial charge in [0.15, 0.2) is 6.17 Å². The van der Waals surface area contributed by atoms with Crippen molar-refractivity contribution in [3.8, 4) is 0 Å². The summed E-state index contributed by atoms with van der Waals surface area (Å²) in [6, 6.07) is 9.33. The molecule has 7 heteroatoms. The minimum absolute atomic E-state index is 0.134. The standard InChI is InChI=1S/C22H36N4O3/c1-5-7-15-23-20(27)26(29)19-22(3,4)25(21(28)24(19)16-8-6-2)17-14-18-12-10-9-11-13-18/h9-13,19,29H,5-8,14-17H2,1-4H3,(H,23,27)/t19-/m1/s1. The highest BCUT2D eigenvalue weighted by molar-refractivity contribution is 5.81. The van der Waals surface area contributed by atoms with Gasteiger partial charge in [-0.2, -0.15) is 5.06 Å². The molecule has 0 radical (unpaired) electrons. The molecule has 162 valence electrons. The number of nitrogens with one attached hydrogen (secondary N) is 1. The van der Waals surface area contributed by atoms with Crippen LogP contribution in [0.15, 0.2) is 30.3 Å². The van der Waals surface area contributed by atoms with Gasteiger partial charge in [-0.25, -0.2) is 9.59 Å². The fourth-order valence-corrected chi connectivity index (χ4v) is 3.84. The number of nitrogens with zero attached hydrogens (tertiary/aromatic N) is 3. The maximum atomic E-state index is 13.2. The van der Waals surface area contributed by atoms with Crippen molar-refractivity contribution in [2.24, 2.45) is 0 Å². The number of rotatable bonds is 10. The third-order valence-electron chi connectivity index (χ3n) is 5.57. The molecule has 0 bridgehead atoms. The van der Waals surface area contributed by atoms with E-state index in [0.29, 0.717) is 24.7 Å². The highest BCUT2D eigenvalue weighted by Crippen LogP contribution is 2.34. The van der Waals surface area contributed by atoms with Gasteiger partial charge in [0.1, 0.15) is 0 Å². The molecule has 1 aromatic carbocycles. The summed E-state index contributed by atoms with van der Waals surface area (Å²) >= 11 is 0. The van der Waals surface area contributed by atoms with E-state index in [-0.39, 0.29) is 6.03 Å². The lowest BCUT2D eigenvalue weighted by molar-refractivity contribution is -0.133. The SMILES string of the molecule is CCCCNC(=O)N(O)[C@H]1N(CCCC)C(=O)N(CCc2ccccc2)C1(C)C. The Hall–Kier alpha value is -2.28. The summed E-state index contributed by atoms with van der Waals surface area (Å²) in [6.07, 6.45) is 3.52. The molecule has 1 atom stereocenters. The van der Waals surface area contributed by atoms with Crippen LogP contribution in [-0.4, -0.2) is 63.5 Å². The molecule has 1 heterocycles. The fourth-order valence-electron chi connectivity index (χ4n) is 3.84. The fraction of sp³-hybridized carbons (Fsp3) is 0.636. The first-order valence-electron chi connectivity index (χ1n) is 10.7. The van der Waals surface area contributed by atoms with Crippen LogP contribution in [0.3, 0.4) is 0 Å². The molecule has 1 aliphatic heterocycles. The predicted molar refractivity (Wildman–Crippen MR) is 114 cm³/mol. The molecule has 1 fully saturated rings. The van der Waals surface area contributed by atoms with E-state index in [2.05, 4.69) is 12.2 Å². The van der Waals surface area contributed by atoms with E-state index < -0.39 is 17.7 Å². The van der Waals surface area contributed by atoms with Crippen LogP contribution in [0.1, 0.15) is 58.9 Å². The van der Waals surface area contributed by atoms with Crippen molar-refractivity contribution < 1.29 is 14.8 Å². The Kier molecular flexibility index (Phi) is 8.32. The maximum Gasteiger partial charge on any atom is 0.343 e. The van der Waals surface area contributed by atoms with E-state index in [4.69, 9.17) is 0 Å². The Balaban J connectivity index is 2.19. The summed E-state index contributed by atoms with van der Waals surface area (Å²) in [5, 5.41) is 14.2. The average molecular weight is 405 g/mol. The molecule has 1 saturated heterocycles. The second kappa shape index (κ2) is 10.5. The van der Waals surface area contributed by atoms with E-state index in [0.717, 1.165) is 37.7 Å². The number of urea groups is 2. The third kappa shape index (κ3) is 5.41. The van der Waals surface area contributed by atoms with Gasteiger partial charge in [0.05, 0.1) is 5.54 Å². The Morgan fingerprint density at radius 3 is 2.41 bits per heavy atom. The summed E-state index contributed by atoms with van der Waals surface area (Å²) in [5.74, 6) is 0. The van der Waals surface area contributed by atoms with Crippen LogP contribution in [0.5, 0.6) is 0 Å². The number of hydroxylamine groups is 2. The normalized spacial score (nSPS) is 18.2. The van der Waals surface area contributed by atoms with Crippen molar-refractivity contribution in [3.63, 3.8) is 0 Å². The Labute approximate surface area is 174 Å². The van der Waals surface area contributed by atoms with Gasteiger partial charge < -0.3 is 10.2 Å². The largest absolute Gasteiger partial charge is 0.343 e. The second-order valence-electron chi connectivity index (χ2n) is 8.17. The summed E-state index contributed by atoms with van der Waals surface area (Å²) in [5.41, 5.74) is 0.425. The van der Waals surface area contributed by atoms with Crippen LogP contribution in [0, 0.1) is 0 Å². The molecular weight excluding hydrogens is 368 g/mol. The molecule has 7 nitrogen and oxygen atoms in total. The minimum atomic E-state index is -0.737. The van der Waals surface area contributed by atoms with Crippen molar-refractivity contribution in [2.75, 3.05) is 19.6 Å². The summed E-state index contributed by atoms with van der Waals surface area (Å²) < 4.78 is 0. The predicted octanol–water partition coefficient (Wildman–Crippen LogP) is 4.07. The molecule has 2 N–H and O–H groups in total. The van der Waals surface area contributed by atoms with Gasteiger partial charge in [-0.15, -0.1) is 0 Å². The number of carbonyl (C=O) groups is 2. The van der Waals surface area contributed by atoms with Gasteiger partial charge in [-0.3, -0.25) is 10.1 Å². The van der Waals surface area contributed by atoms with E-state index in [1.807, 2.05) is 51.1 Å². The molecule has 0 saturated carbocycles. The van der Waals surface area contributed by atoms with Crippen LogP contribution < -0.4 is 5.32 Å². The first-order valence-corrected chi connectivity index (χ1v) is 10.7. The Morgan fingerprint density at radius 2 is 1.79 bits per heavy atom. The number of benzene rings is 1. The van der Waals surface area contributed by atoms with Gasteiger partial charge in [0, 0.05) is 19.6 Å². The Morgan fingerprint density at radius 1 is 1.14 bits per heavy atom. The Bertz CT molecular complexity index is 665. The summed E-state index contributed by atoms with van der Waals surface area (Å²) in [7, 11) is 0. The number of hydrogen-bond acceptors (Lipinski definition) is 3. The molecule has 0 unspecified atom stereocenters. The van der Waals surface area contributed by atoms with Crippen molar-refractivity contribution >= 4 is 12.1 Å². The molecule has 0 spiro atoms. The second-order valence-corrected chi connectivity index (χ2v) is 8.17. The van der Waals surface area contributed by atoms with Crippen LogP contribution in [0.25, 0.3) is 0 Å². The van der Waals surface area contributed by atoms with Crippen LogP contribution in [0.4, 0.5) is 9.59 Å². The lowest BCUT2D eigenvalue weighted by Crippen LogP contribution is -2.59. The molecular formula is C22H36N4O3.